The van der Waals surface area contributed by atoms with Gasteiger partial charge in [-0.05, 0) is 63.3 Å². The molecule has 0 aliphatic carbocycles. The van der Waals surface area contributed by atoms with Crippen molar-refractivity contribution >= 4 is 29.9 Å². The summed E-state index contributed by atoms with van der Waals surface area (Å²) in [5.74, 6) is 2.10. The summed E-state index contributed by atoms with van der Waals surface area (Å²) in [4.78, 5) is 9.87. The molecule has 7 heteroatoms. The van der Waals surface area contributed by atoms with E-state index in [1.54, 1.807) is 25.3 Å². The monoisotopic (exact) mass is 552 g/mol. The quantitative estimate of drug-likeness (QED) is 0.322. The van der Waals surface area contributed by atoms with Crippen molar-refractivity contribution in [3.8, 4) is 0 Å². The highest BCUT2D eigenvalue weighted by Crippen LogP contribution is 2.32. The van der Waals surface area contributed by atoms with Crippen LogP contribution in [0.15, 0.2) is 58.1 Å². The molecule has 1 aromatic heterocycles. The first kappa shape index (κ1) is 25.1. The van der Waals surface area contributed by atoms with Gasteiger partial charge in [-0.1, -0.05) is 30.3 Å². The van der Waals surface area contributed by atoms with Crippen molar-refractivity contribution in [2.45, 2.75) is 51.3 Å². The Labute approximate surface area is 209 Å². The SMILES string of the molecule is CCNC(=NCC(C)(O)c1ccco1)N1CCC2C(CCCN2Cc2ccccc2)C1.I. The van der Waals surface area contributed by atoms with Gasteiger partial charge >= 0.3 is 0 Å². The predicted molar refractivity (Wildman–Crippen MR) is 139 cm³/mol. The third kappa shape index (κ3) is 6.05. The summed E-state index contributed by atoms with van der Waals surface area (Å²) in [5, 5.41) is 14.2. The molecule has 3 heterocycles. The van der Waals surface area contributed by atoms with Crippen molar-refractivity contribution in [1.82, 2.24) is 15.1 Å². The number of fused-ring (bicyclic) bond motifs is 1. The first-order valence-electron chi connectivity index (χ1n) is 11.6. The van der Waals surface area contributed by atoms with Gasteiger partial charge in [0.15, 0.2) is 5.96 Å². The Morgan fingerprint density at radius 3 is 2.72 bits per heavy atom. The van der Waals surface area contributed by atoms with Crippen molar-refractivity contribution in [2.75, 3.05) is 32.7 Å². The van der Waals surface area contributed by atoms with Gasteiger partial charge in [-0.3, -0.25) is 4.90 Å². The van der Waals surface area contributed by atoms with E-state index in [0.29, 0.717) is 17.7 Å². The lowest BCUT2D eigenvalue weighted by molar-refractivity contribution is 0.0349. The topological polar surface area (TPSA) is 64.2 Å². The fourth-order valence-electron chi connectivity index (χ4n) is 5.03. The van der Waals surface area contributed by atoms with Crippen LogP contribution in [0.4, 0.5) is 0 Å². The highest BCUT2D eigenvalue weighted by Gasteiger charge is 2.37. The van der Waals surface area contributed by atoms with Crippen LogP contribution in [-0.2, 0) is 12.1 Å². The summed E-state index contributed by atoms with van der Waals surface area (Å²) < 4.78 is 5.41. The van der Waals surface area contributed by atoms with Gasteiger partial charge in [0.1, 0.15) is 11.4 Å². The van der Waals surface area contributed by atoms with Crippen LogP contribution in [0.5, 0.6) is 0 Å². The van der Waals surface area contributed by atoms with Crippen LogP contribution >= 0.6 is 24.0 Å². The third-order valence-electron chi connectivity index (χ3n) is 6.63. The largest absolute Gasteiger partial charge is 0.466 e. The Balaban J connectivity index is 0.00000289. The number of hydrogen-bond acceptors (Lipinski definition) is 4. The van der Waals surface area contributed by atoms with Gasteiger partial charge < -0.3 is 19.7 Å². The molecule has 3 unspecified atom stereocenters. The van der Waals surface area contributed by atoms with E-state index in [1.807, 2.05) is 0 Å². The van der Waals surface area contributed by atoms with E-state index in [-0.39, 0.29) is 30.5 Å². The van der Waals surface area contributed by atoms with Gasteiger partial charge in [0.2, 0.25) is 0 Å². The molecular formula is C25H37IN4O2. The second-order valence-electron chi connectivity index (χ2n) is 9.08. The zero-order valence-corrected chi connectivity index (χ0v) is 21.6. The number of likely N-dealkylation sites (tertiary alicyclic amines) is 2. The van der Waals surface area contributed by atoms with Gasteiger partial charge in [0.05, 0.1) is 12.8 Å². The summed E-state index contributed by atoms with van der Waals surface area (Å²) in [7, 11) is 0. The molecule has 3 atom stereocenters. The molecule has 2 aromatic rings. The normalized spacial score (nSPS) is 23.7. The van der Waals surface area contributed by atoms with Crippen LogP contribution in [0.1, 0.15) is 44.4 Å². The molecule has 4 rings (SSSR count). The number of guanidine groups is 1. The van der Waals surface area contributed by atoms with E-state index in [0.717, 1.165) is 38.6 Å². The molecule has 0 radical (unpaired) electrons. The zero-order valence-electron chi connectivity index (χ0n) is 19.2. The third-order valence-corrected chi connectivity index (χ3v) is 6.63. The van der Waals surface area contributed by atoms with Crippen molar-refractivity contribution < 1.29 is 9.52 Å². The molecule has 6 nitrogen and oxygen atoms in total. The van der Waals surface area contributed by atoms with Gasteiger partial charge in [0.25, 0.3) is 0 Å². The molecule has 1 aromatic carbocycles. The number of benzene rings is 1. The van der Waals surface area contributed by atoms with E-state index in [4.69, 9.17) is 9.41 Å². The Hall–Kier alpha value is -1.58. The maximum absolute atomic E-state index is 10.8. The second-order valence-corrected chi connectivity index (χ2v) is 9.08. The smallest absolute Gasteiger partial charge is 0.194 e. The van der Waals surface area contributed by atoms with Crippen molar-refractivity contribution in [3.63, 3.8) is 0 Å². The number of aliphatic imine (C=N–C) groups is 1. The lowest BCUT2D eigenvalue weighted by Crippen LogP contribution is -2.56. The van der Waals surface area contributed by atoms with Gasteiger partial charge in [0, 0.05) is 32.2 Å². The fourth-order valence-corrected chi connectivity index (χ4v) is 5.03. The minimum atomic E-state index is -1.11. The van der Waals surface area contributed by atoms with E-state index in [2.05, 4.69) is 52.4 Å². The average molecular weight is 553 g/mol. The molecule has 176 valence electrons. The molecule has 2 saturated heterocycles. The first-order chi connectivity index (χ1) is 15.1. The van der Waals surface area contributed by atoms with Crippen LogP contribution in [0.3, 0.4) is 0 Å². The number of nitrogens with zero attached hydrogens (tertiary/aromatic N) is 3. The highest BCUT2D eigenvalue weighted by atomic mass is 127. The number of hydrogen-bond donors (Lipinski definition) is 2. The summed E-state index contributed by atoms with van der Waals surface area (Å²) in [5.41, 5.74) is 0.292. The molecule has 0 spiro atoms. The van der Waals surface area contributed by atoms with Crippen LogP contribution < -0.4 is 5.32 Å². The Morgan fingerprint density at radius 2 is 2.00 bits per heavy atom. The summed E-state index contributed by atoms with van der Waals surface area (Å²) >= 11 is 0. The Kier molecular flexibility index (Phi) is 9.02. The van der Waals surface area contributed by atoms with E-state index in [1.165, 1.54) is 24.9 Å². The Bertz CT molecular complexity index is 841. The standard InChI is InChI=1S/C25H36N4O2.HI/c1-3-26-24(27-19-25(2,30)23-12-8-16-31-23)29-15-13-22-21(18-29)11-7-14-28(22)17-20-9-5-4-6-10-20;/h4-6,8-10,12,16,21-22,30H,3,7,11,13-15,17-19H2,1-2H3,(H,26,27);1H. The number of aliphatic hydroxyl groups is 1. The first-order valence-corrected chi connectivity index (χ1v) is 11.6. The second kappa shape index (κ2) is 11.5. The van der Waals surface area contributed by atoms with Gasteiger partial charge in [-0.15, -0.1) is 24.0 Å². The molecule has 0 amide bonds. The van der Waals surface area contributed by atoms with Crippen molar-refractivity contribution in [3.05, 3.63) is 60.1 Å². The molecule has 2 aliphatic heterocycles. The van der Waals surface area contributed by atoms with Crippen LogP contribution in [-0.4, -0.2) is 59.6 Å². The number of nitrogens with one attached hydrogen (secondary N) is 1. The average Bonchev–Trinajstić information content (AvgIpc) is 3.33. The molecule has 0 saturated carbocycles. The molecule has 2 aliphatic rings. The lowest BCUT2D eigenvalue weighted by atomic mass is 9.83. The Morgan fingerprint density at radius 1 is 1.19 bits per heavy atom. The predicted octanol–water partition coefficient (Wildman–Crippen LogP) is 4.06. The van der Waals surface area contributed by atoms with Crippen LogP contribution in [0.25, 0.3) is 0 Å². The number of furan rings is 1. The van der Waals surface area contributed by atoms with Crippen LogP contribution in [0, 0.1) is 5.92 Å². The molecule has 2 N–H and O–H groups in total. The summed E-state index contributed by atoms with van der Waals surface area (Å²) in [6.07, 6.45) is 5.27. The molecule has 2 fully saturated rings. The number of piperidine rings is 2. The fraction of sp³-hybridized carbons (Fsp3) is 0.560. The minimum Gasteiger partial charge on any atom is -0.466 e. The molecular weight excluding hydrogens is 515 g/mol. The van der Waals surface area contributed by atoms with Crippen molar-refractivity contribution in [1.29, 1.82) is 0 Å². The van der Waals surface area contributed by atoms with Gasteiger partial charge in [-0.25, -0.2) is 4.99 Å². The van der Waals surface area contributed by atoms with Crippen molar-refractivity contribution in [2.24, 2.45) is 10.9 Å². The van der Waals surface area contributed by atoms with E-state index < -0.39 is 5.60 Å². The zero-order chi connectivity index (χ0) is 21.7. The maximum atomic E-state index is 10.8. The highest BCUT2D eigenvalue weighted by molar-refractivity contribution is 14.0. The van der Waals surface area contributed by atoms with E-state index >= 15 is 0 Å². The number of halogens is 1. The minimum absolute atomic E-state index is 0. The lowest BCUT2D eigenvalue weighted by Gasteiger charge is -2.48. The summed E-state index contributed by atoms with van der Waals surface area (Å²) in [6, 6.07) is 15.1. The van der Waals surface area contributed by atoms with Gasteiger partial charge in [-0.2, -0.15) is 0 Å². The number of rotatable bonds is 6. The molecule has 32 heavy (non-hydrogen) atoms. The molecule has 0 bridgehead atoms. The van der Waals surface area contributed by atoms with Crippen LogP contribution in [0.2, 0.25) is 0 Å². The van der Waals surface area contributed by atoms with E-state index in [9.17, 15) is 5.11 Å². The maximum Gasteiger partial charge on any atom is 0.194 e. The summed E-state index contributed by atoms with van der Waals surface area (Å²) in [6.45, 7) is 9.17.